The monoisotopic (exact) mass is 253 g/mol. The number of pyridine rings is 1. The Labute approximate surface area is 107 Å². The van der Waals surface area contributed by atoms with Crippen LogP contribution in [0.3, 0.4) is 0 Å². The van der Waals surface area contributed by atoms with Crippen molar-refractivity contribution in [2.45, 2.75) is 20.3 Å². The lowest BCUT2D eigenvalue weighted by Crippen LogP contribution is -2.25. The van der Waals surface area contributed by atoms with E-state index in [9.17, 15) is 10.1 Å². The molecule has 0 spiro atoms. The highest BCUT2D eigenvalue weighted by atomic mass is 16.6. The predicted octanol–water partition coefficient (Wildman–Crippen LogP) is 2.46. The summed E-state index contributed by atoms with van der Waals surface area (Å²) in [6.07, 6.45) is 2.30. The van der Waals surface area contributed by atoms with Crippen LogP contribution in [0.1, 0.15) is 20.3 Å². The molecule has 0 radical (unpaired) electrons. The fraction of sp³-hybridized carbons (Fsp3) is 0.583. The van der Waals surface area contributed by atoms with Gasteiger partial charge >= 0.3 is 5.82 Å². The van der Waals surface area contributed by atoms with E-state index in [1.54, 1.807) is 19.2 Å². The lowest BCUT2D eigenvalue weighted by atomic mass is 9.89. The van der Waals surface area contributed by atoms with Crippen LogP contribution in [0.2, 0.25) is 0 Å². The summed E-state index contributed by atoms with van der Waals surface area (Å²) in [6, 6.07) is 3.34. The van der Waals surface area contributed by atoms with Crippen molar-refractivity contribution in [1.29, 1.82) is 0 Å². The zero-order valence-electron chi connectivity index (χ0n) is 11.0. The highest BCUT2D eigenvalue weighted by Crippen LogP contribution is 2.25. The van der Waals surface area contributed by atoms with E-state index in [1.165, 1.54) is 6.20 Å². The Morgan fingerprint density at radius 1 is 1.56 bits per heavy atom. The first kappa shape index (κ1) is 14.4. The number of ether oxygens (including phenoxy) is 1. The standard InChI is InChI=1S/C12H19N3O3/c1-12(2,6-8-18-3)9-14-10-5-4-7-13-11(10)15(16)17/h4-5,7,14H,6,8-9H2,1-3H3. The quantitative estimate of drug-likeness (QED) is 0.596. The lowest BCUT2D eigenvalue weighted by Gasteiger charge is -2.24. The van der Waals surface area contributed by atoms with Crippen LogP contribution in [-0.2, 0) is 4.74 Å². The third kappa shape index (κ3) is 4.29. The van der Waals surface area contributed by atoms with Crippen molar-refractivity contribution in [3.05, 3.63) is 28.4 Å². The number of rotatable bonds is 7. The molecule has 1 rings (SSSR count). The molecule has 0 saturated carbocycles. The number of methoxy groups -OCH3 is 1. The normalized spacial score (nSPS) is 11.3. The Balaban J connectivity index is 2.65. The molecular formula is C12H19N3O3. The van der Waals surface area contributed by atoms with Crippen LogP contribution in [0.15, 0.2) is 18.3 Å². The van der Waals surface area contributed by atoms with Gasteiger partial charge in [0.2, 0.25) is 0 Å². The molecular weight excluding hydrogens is 234 g/mol. The average Bonchev–Trinajstić information content (AvgIpc) is 2.34. The van der Waals surface area contributed by atoms with Gasteiger partial charge in [0.1, 0.15) is 11.9 Å². The van der Waals surface area contributed by atoms with E-state index < -0.39 is 4.92 Å². The van der Waals surface area contributed by atoms with Crippen molar-refractivity contribution < 1.29 is 9.66 Å². The summed E-state index contributed by atoms with van der Waals surface area (Å²) in [4.78, 5) is 14.1. The molecule has 0 aliphatic rings. The summed E-state index contributed by atoms with van der Waals surface area (Å²) in [5.74, 6) is -0.139. The van der Waals surface area contributed by atoms with E-state index in [0.717, 1.165) is 6.42 Å². The Kier molecular flexibility index (Phi) is 5.03. The molecule has 0 saturated heterocycles. The second-order valence-corrected chi connectivity index (χ2v) is 4.89. The summed E-state index contributed by atoms with van der Waals surface area (Å²) < 4.78 is 5.04. The first-order valence-corrected chi connectivity index (χ1v) is 5.78. The number of nitro groups is 1. The molecule has 0 aliphatic carbocycles. The predicted molar refractivity (Wildman–Crippen MR) is 69.7 cm³/mol. The first-order valence-electron chi connectivity index (χ1n) is 5.78. The van der Waals surface area contributed by atoms with Crippen molar-refractivity contribution in [2.24, 2.45) is 5.41 Å². The summed E-state index contributed by atoms with van der Waals surface area (Å²) in [6.45, 7) is 5.47. The van der Waals surface area contributed by atoms with Crippen LogP contribution in [0, 0.1) is 15.5 Å². The minimum absolute atomic E-state index is 0.000278. The van der Waals surface area contributed by atoms with E-state index >= 15 is 0 Å². The molecule has 0 amide bonds. The highest BCUT2D eigenvalue weighted by molar-refractivity contribution is 5.56. The fourth-order valence-electron chi connectivity index (χ4n) is 1.48. The van der Waals surface area contributed by atoms with E-state index in [2.05, 4.69) is 24.1 Å². The Bertz CT molecular complexity index is 407. The maximum absolute atomic E-state index is 10.8. The van der Waals surface area contributed by atoms with Crippen molar-refractivity contribution >= 4 is 11.5 Å². The molecule has 18 heavy (non-hydrogen) atoms. The zero-order valence-corrected chi connectivity index (χ0v) is 11.0. The van der Waals surface area contributed by atoms with Gasteiger partial charge in [-0.25, -0.2) is 0 Å². The minimum Gasteiger partial charge on any atom is -0.385 e. The van der Waals surface area contributed by atoms with Crippen LogP contribution in [0.4, 0.5) is 11.5 Å². The number of aromatic nitrogens is 1. The summed E-state index contributed by atoms with van der Waals surface area (Å²) in [7, 11) is 1.66. The van der Waals surface area contributed by atoms with E-state index in [0.29, 0.717) is 18.8 Å². The fourth-order valence-corrected chi connectivity index (χ4v) is 1.48. The van der Waals surface area contributed by atoms with E-state index in [-0.39, 0.29) is 11.2 Å². The second kappa shape index (κ2) is 6.30. The minimum atomic E-state index is -0.482. The van der Waals surface area contributed by atoms with E-state index in [1.807, 2.05) is 0 Å². The molecule has 1 N–H and O–H groups in total. The van der Waals surface area contributed by atoms with Crippen molar-refractivity contribution in [1.82, 2.24) is 4.98 Å². The van der Waals surface area contributed by atoms with Crippen LogP contribution in [0.5, 0.6) is 0 Å². The number of nitrogens with zero attached hydrogens (tertiary/aromatic N) is 2. The van der Waals surface area contributed by atoms with Gasteiger partial charge in [-0.2, -0.15) is 0 Å². The second-order valence-electron chi connectivity index (χ2n) is 4.89. The van der Waals surface area contributed by atoms with Gasteiger partial charge in [0, 0.05) is 20.3 Å². The van der Waals surface area contributed by atoms with Crippen LogP contribution >= 0.6 is 0 Å². The molecule has 0 atom stereocenters. The van der Waals surface area contributed by atoms with Gasteiger partial charge in [0.25, 0.3) is 0 Å². The Hall–Kier alpha value is -1.69. The zero-order chi connectivity index (χ0) is 13.6. The van der Waals surface area contributed by atoms with Gasteiger partial charge in [-0.05, 0) is 33.9 Å². The van der Waals surface area contributed by atoms with E-state index in [4.69, 9.17) is 4.74 Å². The van der Waals surface area contributed by atoms with Crippen molar-refractivity contribution in [3.8, 4) is 0 Å². The molecule has 0 unspecified atom stereocenters. The van der Waals surface area contributed by atoms with Gasteiger partial charge in [0.15, 0.2) is 0 Å². The number of nitrogens with one attached hydrogen (secondary N) is 1. The lowest BCUT2D eigenvalue weighted by molar-refractivity contribution is -0.388. The summed E-state index contributed by atoms with van der Waals surface area (Å²) >= 11 is 0. The summed E-state index contributed by atoms with van der Waals surface area (Å²) in [5, 5.41) is 13.9. The van der Waals surface area contributed by atoms with Gasteiger partial charge in [-0.3, -0.25) is 0 Å². The summed E-state index contributed by atoms with van der Waals surface area (Å²) in [5.41, 5.74) is 0.452. The molecule has 0 bridgehead atoms. The molecule has 0 fully saturated rings. The molecule has 0 aliphatic heterocycles. The van der Waals surface area contributed by atoms with Crippen molar-refractivity contribution in [3.63, 3.8) is 0 Å². The third-order valence-corrected chi connectivity index (χ3v) is 2.70. The molecule has 1 aromatic heterocycles. The van der Waals surface area contributed by atoms with Gasteiger partial charge in [0.05, 0.1) is 0 Å². The van der Waals surface area contributed by atoms with Crippen LogP contribution in [0.25, 0.3) is 0 Å². The number of hydrogen-bond acceptors (Lipinski definition) is 5. The molecule has 100 valence electrons. The van der Waals surface area contributed by atoms with Gasteiger partial charge in [-0.1, -0.05) is 13.8 Å². The van der Waals surface area contributed by atoms with Gasteiger partial charge in [-0.15, -0.1) is 0 Å². The van der Waals surface area contributed by atoms with Gasteiger partial charge < -0.3 is 20.2 Å². The number of hydrogen-bond donors (Lipinski definition) is 1. The Morgan fingerprint density at radius 3 is 2.89 bits per heavy atom. The third-order valence-electron chi connectivity index (χ3n) is 2.70. The maximum Gasteiger partial charge on any atom is 0.386 e. The first-order chi connectivity index (χ1) is 8.46. The maximum atomic E-state index is 10.8. The van der Waals surface area contributed by atoms with Crippen LogP contribution in [-0.4, -0.2) is 30.2 Å². The Morgan fingerprint density at radius 2 is 2.28 bits per heavy atom. The van der Waals surface area contributed by atoms with Crippen molar-refractivity contribution in [2.75, 3.05) is 25.6 Å². The largest absolute Gasteiger partial charge is 0.386 e. The average molecular weight is 253 g/mol. The molecule has 6 heteroatoms. The molecule has 1 heterocycles. The molecule has 6 nitrogen and oxygen atoms in total. The topological polar surface area (TPSA) is 77.3 Å². The van der Waals surface area contributed by atoms with Crippen LogP contribution < -0.4 is 5.32 Å². The molecule has 1 aromatic rings. The molecule has 0 aromatic carbocycles. The SMILES string of the molecule is COCCC(C)(C)CNc1cccnc1[N+](=O)[O-]. The smallest absolute Gasteiger partial charge is 0.385 e. The number of anilines is 1. The highest BCUT2D eigenvalue weighted by Gasteiger charge is 2.20.